The Morgan fingerprint density at radius 3 is 2.25 bits per heavy atom. The van der Waals surface area contributed by atoms with Gasteiger partial charge in [0.2, 0.25) is 0 Å². The SMILES string of the molecule is CCONC(=O)C(Cc1ccc(OC(F)(F)F)cc1)NC(=O)c1ccccc1. The third-order valence-corrected chi connectivity index (χ3v) is 3.57. The zero-order valence-electron chi connectivity index (χ0n) is 15.0. The minimum Gasteiger partial charge on any atom is -0.406 e. The van der Waals surface area contributed by atoms with Crippen LogP contribution in [0.5, 0.6) is 5.75 Å². The minimum absolute atomic E-state index is 0.0454. The number of ether oxygens (including phenoxy) is 1. The van der Waals surface area contributed by atoms with Crippen molar-refractivity contribution in [2.24, 2.45) is 0 Å². The van der Waals surface area contributed by atoms with Crippen LogP contribution in [-0.2, 0) is 16.1 Å². The predicted molar refractivity (Wildman–Crippen MR) is 94.3 cm³/mol. The Morgan fingerprint density at radius 2 is 1.68 bits per heavy atom. The average molecular weight is 396 g/mol. The topological polar surface area (TPSA) is 76.7 Å². The number of halogens is 3. The molecular weight excluding hydrogens is 377 g/mol. The zero-order valence-corrected chi connectivity index (χ0v) is 15.0. The Kier molecular flexibility index (Phi) is 7.39. The predicted octanol–water partition coefficient (Wildman–Crippen LogP) is 2.99. The summed E-state index contributed by atoms with van der Waals surface area (Å²) in [6.07, 6.45) is -4.74. The molecule has 2 amide bonds. The van der Waals surface area contributed by atoms with Crippen LogP contribution < -0.4 is 15.5 Å². The van der Waals surface area contributed by atoms with Crippen molar-refractivity contribution in [3.8, 4) is 5.75 Å². The first-order valence-corrected chi connectivity index (χ1v) is 8.40. The lowest BCUT2D eigenvalue weighted by Crippen LogP contribution is -2.48. The second kappa shape index (κ2) is 9.75. The van der Waals surface area contributed by atoms with Crippen LogP contribution in [0.1, 0.15) is 22.8 Å². The van der Waals surface area contributed by atoms with E-state index >= 15 is 0 Å². The van der Waals surface area contributed by atoms with E-state index in [1.165, 1.54) is 12.1 Å². The molecule has 28 heavy (non-hydrogen) atoms. The molecule has 0 heterocycles. The highest BCUT2D eigenvalue weighted by Crippen LogP contribution is 2.23. The van der Waals surface area contributed by atoms with Crippen LogP contribution in [-0.4, -0.2) is 30.8 Å². The molecule has 9 heteroatoms. The standard InChI is InChI=1S/C19H19F3N2O4/c1-2-27-24-18(26)16(23-17(25)14-6-4-3-5-7-14)12-13-8-10-15(11-9-13)28-19(20,21)22/h3-11,16H,2,12H2,1H3,(H,23,25)(H,24,26). The van der Waals surface area contributed by atoms with Crippen LogP contribution in [0.25, 0.3) is 0 Å². The molecule has 6 nitrogen and oxygen atoms in total. The van der Waals surface area contributed by atoms with Crippen LogP contribution in [0.4, 0.5) is 13.2 Å². The molecule has 0 aromatic heterocycles. The maximum absolute atomic E-state index is 12.4. The van der Waals surface area contributed by atoms with Crippen LogP contribution in [0, 0.1) is 0 Å². The summed E-state index contributed by atoms with van der Waals surface area (Å²) in [7, 11) is 0. The fourth-order valence-electron chi connectivity index (χ4n) is 2.32. The fraction of sp³-hybridized carbons (Fsp3) is 0.263. The van der Waals surface area contributed by atoms with Gasteiger partial charge < -0.3 is 10.1 Å². The first-order valence-electron chi connectivity index (χ1n) is 8.40. The minimum atomic E-state index is -4.79. The third-order valence-electron chi connectivity index (χ3n) is 3.57. The maximum Gasteiger partial charge on any atom is 0.573 e. The molecule has 2 aromatic rings. The molecule has 0 radical (unpaired) electrons. The number of benzene rings is 2. The largest absolute Gasteiger partial charge is 0.573 e. The molecule has 2 aromatic carbocycles. The molecule has 1 unspecified atom stereocenters. The van der Waals surface area contributed by atoms with Crippen molar-refractivity contribution in [1.29, 1.82) is 0 Å². The molecule has 0 aliphatic carbocycles. The van der Waals surface area contributed by atoms with Crippen molar-refractivity contribution in [2.45, 2.75) is 25.7 Å². The number of hydrogen-bond donors (Lipinski definition) is 2. The molecule has 0 fully saturated rings. The molecular formula is C19H19F3N2O4. The molecule has 0 bridgehead atoms. The molecule has 150 valence electrons. The van der Waals surface area contributed by atoms with Gasteiger partial charge in [0.15, 0.2) is 0 Å². The summed E-state index contributed by atoms with van der Waals surface area (Å²) < 4.78 is 40.5. The quantitative estimate of drug-likeness (QED) is 0.673. The van der Waals surface area contributed by atoms with Gasteiger partial charge in [0.05, 0.1) is 6.61 Å². The summed E-state index contributed by atoms with van der Waals surface area (Å²) in [4.78, 5) is 29.5. The van der Waals surface area contributed by atoms with Gasteiger partial charge in [-0.1, -0.05) is 30.3 Å². The number of rotatable bonds is 8. The number of amides is 2. The Labute approximate surface area is 159 Å². The Morgan fingerprint density at radius 1 is 1.04 bits per heavy atom. The van der Waals surface area contributed by atoms with Gasteiger partial charge >= 0.3 is 6.36 Å². The number of carbonyl (C=O) groups is 2. The molecule has 2 N–H and O–H groups in total. The maximum atomic E-state index is 12.4. The van der Waals surface area contributed by atoms with E-state index in [1.807, 2.05) is 0 Å². The van der Waals surface area contributed by atoms with E-state index in [1.54, 1.807) is 37.3 Å². The van der Waals surface area contributed by atoms with Crippen LogP contribution in [0.2, 0.25) is 0 Å². The first-order chi connectivity index (χ1) is 13.3. The van der Waals surface area contributed by atoms with Crippen LogP contribution >= 0.6 is 0 Å². The summed E-state index contributed by atoms with van der Waals surface area (Å²) in [6, 6.07) is 12.4. The highest BCUT2D eigenvalue weighted by molar-refractivity contribution is 5.97. The van der Waals surface area contributed by atoms with Crippen molar-refractivity contribution in [2.75, 3.05) is 6.61 Å². The van der Waals surface area contributed by atoms with Crippen molar-refractivity contribution in [1.82, 2.24) is 10.8 Å². The van der Waals surface area contributed by atoms with Crippen LogP contribution in [0.15, 0.2) is 54.6 Å². The number of alkyl halides is 3. The molecule has 2 rings (SSSR count). The summed E-state index contributed by atoms with van der Waals surface area (Å²) in [5.41, 5.74) is 3.12. The number of nitrogens with one attached hydrogen (secondary N) is 2. The highest BCUT2D eigenvalue weighted by atomic mass is 19.4. The van der Waals surface area contributed by atoms with Crippen molar-refractivity contribution in [3.05, 3.63) is 65.7 Å². The molecule has 0 saturated carbocycles. The number of carbonyl (C=O) groups excluding carboxylic acids is 2. The van der Waals surface area contributed by atoms with Crippen molar-refractivity contribution >= 4 is 11.8 Å². The molecule has 0 spiro atoms. The zero-order chi connectivity index (χ0) is 20.6. The van der Waals surface area contributed by atoms with Gasteiger partial charge in [-0.2, -0.15) is 0 Å². The fourth-order valence-corrected chi connectivity index (χ4v) is 2.32. The second-order valence-corrected chi connectivity index (χ2v) is 5.69. The second-order valence-electron chi connectivity index (χ2n) is 5.69. The molecule has 0 aliphatic heterocycles. The van der Waals surface area contributed by atoms with Gasteiger partial charge in [-0.05, 0) is 36.8 Å². The Bertz CT molecular complexity index is 780. The van der Waals surface area contributed by atoms with Gasteiger partial charge in [0.25, 0.3) is 11.8 Å². The lowest BCUT2D eigenvalue weighted by Gasteiger charge is -2.18. The van der Waals surface area contributed by atoms with Crippen molar-refractivity contribution < 1.29 is 32.3 Å². The summed E-state index contributed by atoms with van der Waals surface area (Å²) in [6.45, 7) is 1.91. The van der Waals surface area contributed by atoms with Crippen molar-refractivity contribution in [3.63, 3.8) is 0 Å². The number of hydrogen-bond acceptors (Lipinski definition) is 4. The van der Waals surface area contributed by atoms with E-state index in [9.17, 15) is 22.8 Å². The highest BCUT2D eigenvalue weighted by Gasteiger charge is 2.31. The van der Waals surface area contributed by atoms with E-state index in [4.69, 9.17) is 4.84 Å². The van der Waals surface area contributed by atoms with E-state index in [0.717, 1.165) is 12.1 Å². The lowest BCUT2D eigenvalue weighted by atomic mass is 10.0. The smallest absolute Gasteiger partial charge is 0.406 e. The lowest BCUT2D eigenvalue weighted by molar-refractivity contribution is -0.274. The van der Waals surface area contributed by atoms with Gasteiger partial charge in [-0.15, -0.1) is 13.2 Å². The van der Waals surface area contributed by atoms with Crippen LogP contribution in [0.3, 0.4) is 0 Å². The van der Waals surface area contributed by atoms with Gasteiger partial charge in [0.1, 0.15) is 11.8 Å². The van der Waals surface area contributed by atoms with E-state index in [-0.39, 0.29) is 18.8 Å². The Balaban J connectivity index is 2.10. The van der Waals surface area contributed by atoms with Gasteiger partial charge in [0, 0.05) is 12.0 Å². The number of hydroxylamine groups is 1. The van der Waals surface area contributed by atoms with Gasteiger partial charge in [-0.3, -0.25) is 14.4 Å². The average Bonchev–Trinajstić information content (AvgIpc) is 2.66. The summed E-state index contributed by atoms with van der Waals surface area (Å²) in [5.74, 6) is -1.42. The summed E-state index contributed by atoms with van der Waals surface area (Å²) >= 11 is 0. The van der Waals surface area contributed by atoms with E-state index in [2.05, 4.69) is 15.5 Å². The monoisotopic (exact) mass is 396 g/mol. The molecule has 0 aliphatic rings. The van der Waals surface area contributed by atoms with E-state index in [0.29, 0.717) is 11.1 Å². The molecule has 1 atom stereocenters. The summed E-state index contributed by atoms with van der Waals surface area (Å²) in [5, 5.41) is 2.60. The first kappa shape index (κ1) is 21.2. The third kappa shape index (κ3) is 6.92. The Hall–Kier alpha value is -3.07. The van der Waals surface area contributed by atoms with Gasteiger partial charge in [-0.25, -0.2) is 5.48 Å². The van der Waals surface area contributed by atoms with E-state index < -0.39 is 24.2 Å². The molecule has 0 saturated heterocycles. The normalized spacial score (nSPS) is 12.1.